The molecule has 4 aliphatic rings. The van der Waals surface area contributed by atoms with E-state index in [1.54, 1.807) is 28.6 Å². The Morgan fingerprint density at radius 2 is 1.65 bits per heavy atom. The molecule has 206 valence electrons. The lowest BCUT2D eigenvalue weighted by Crippen LogP contribution is -2.57. The predicted octanol–water partition coefficient (Wildman–Crippen LogP) is 5.67. The van der Waals surface area contributed by atoms with Crippen molar-refractivity contribution in [1.82, 2.24) is 14.1 Å². The molecule has 3 saturated heterocycles. The summed E-state index contributed by atoms with van der Waals surface area (Å²) < 4.78 is 35.9. The molecule has 0 unspecified atom stereocenters. The van der Waals surface area contributed by atoms with E-state index in [9.17, 15) is 13.2 Å². The topological polar surface area (TPSA) is 70.2 Å². The summed E-state index contributed by atoms with van der Waals surface area (Å²) in [6, 6.07) is 6.58. The highest BCUT2D eigenvalue weighted by Crippen LogP contribution is 2.50. The Balaban J connectivity index is 1.30. The van der Waals surface area contributed by atoms with Gasteiger partial charge in [0.25, 0.3) is 0 Å². The minimum atomic E-state index is -3.76. The van der Waals surface area contributed by atoms with Gasteiger partial charge in [0, 0.05) is 30.2 Å². The summed E-state index contributed by atoms with van der Waals surface area (Å²) in [5.74, 6) is 0. The van der Waals surface area contributed by atoms with Crippen LogP contribution in [0.1, 0.15) is 84.0 Å². The number of sulfonamides is 1. The van der Waals surface area contributed by atoms with Crippen LogP contribution < -0.4 is 0 Å². The molecule has 0 spiro atoms. The zero-order valence-electron chi connectivity index (χ0n) is 22.1. The third kappa shape index (κ3) is 5.82. The first kappa shape index (κ1) is 27.2. The van der Waals surface area contributed by atoms with E-state index < -0.39 is 15.6 Å². The monoisotopic (exact) mass is 551 g/mol. The van der Waals surface area contributed by atoms with Crippen molar-refractivity contribution in [2.45, 2.75) is 113 Å². The molecular formula is C28H42ClN3O4S. The van der Waals surface area contributed by atoms with Gasteiger partial charge >= 0.3 is 6.09 Å². The maximum atomic E-state index is 14.0. The fourth-order valence-electron chi connectivity index (χ4n) is 6.81. The summed E-state index contributed by atoms with van der Waals surface area (Å²) in [6.07, 6.45) is 11.2. The van der Waals surface area contributed by atoms with Crippen molar-refractivity contribution in [3.63, 3.8) is 0 Å². The molecule has 0 radical (unpaired) electrons. The van der Waals surface area contributed by atoms with Gasteiger partial charge in [0.05, 0.1) is 10.9 Å². The molecule has 37 heavy (non-hydrogen) atoms. The van der Waals surface area contributed by atoms with Crippen LogP contribution >= 0.6 is 11.6 Å². The van der Waals surface area contributed by atoms with Gasteiger partial charge in [0.1, 0.15) is 5.60 Å². The van der Waals surface area contributed by atoms with E-state index in [-0.39, 0.29) is 23.1 Å². The smallest absolute Gasteiger partial charge is 0.410 e. The maximum Gasteiger partial charge on any atom is 0.410 e. The fraction of sp³-hybridized carbons (Fsp3) is 0.750. The van der Waals surface area contributed by atoms with Gasteiger partial charge in [-0.1, -0.05) is 37.8 Å². The van der Waals surface area contributed by atoms with E-state index >= 15 is 0 Å². The van der Waals surface area contributed by atoms with Gasteiger partial charge in [-0.25, -0.2) is 13.2 Å². The molecular weight excluding hydrogens is 510 g/mol. The average molecular weight is 552 g/mol. The lowest BCUT2D eigenvalue weighted by molar-refractivity contribution is -0.0149. The largest absolute Gasteiger partial charge is 0.441 e. The van der Waals surface area contributed by atoms with Crippen molar-refractivity contribution < 1.29 is 17.9 Å². The van der Waals surface area contributed by atoms with Crippen LogP contribution in [-0.4, -0.2) is 78.5 Å². The van der Waals surface area contributed by atoms with Crippen LogP contribution in [0.3, 0.4) is 0 Å². The zero-order valence-corrected chi connectivity index (χ0v) is 23.7. The number of halogens is 1. The second kappa shape index (κ2) is 11.4. The fourth-order valence-corrected chi connectivity index (χ4v) is 8.89. The second-order valence-corrected chi connectivity index (χ2v) is 13.7. The van der Waals surface area contributed by atoms with Crippen molar-refractivity contribution in [1.29, 1.82) is 0 Å². The number of likely N-dealkylation sites (tertiary alicyclic amines) is 2. The number of carbonyl (C=O) groups is 1. The van der Waals surface area contributed by atoms with E-state index in [1.165, 1.54) is 32.4 Å². The number of rotatable bonds is 7. The minimum Gasteiger partial charge on any atom is -0.441 e. The Morgan fingerprint density at radius 3 is 2.27 bits per heavy atom. The number of piperidine rings is 3. The third-order valence-electron chi connectivity index (χ3n) is 8.96. The highest BCUT2D eigenvalue weighted by molar-refractivity contribution is 7.89. The van der Waals surface area contributed by atoms with Crippen LogP contribution in [0.15, 0.2) is 29.2 Å². The molecule has 7 nitrogen and oxygen atoms in total. The molecule has 1 saturated carbocycles. The van der Waals surface area contributed by atoms with Gasteiger partial charge in [-0.2, -0.15) is 4.31 Å². The molecule has 2 atom stereocenters. The van der Waals surface area contributed by atoms with Crippen LogP contribution in [0, 0.1) is 0 Å². The molecule has 1 aromatic carbocycles. The lowest BCUT2D eigenvalue weighted by atomic mass is 9.91. The first-order valence-electron chi connectivity index (χ1n) is 14.3. The van der Waals surface area contributed by atoms with Crippen molar-refractivity contribution in [2.24, 2.45) is 0 Å². The quantitative estimate of drug-likeness (QED) is 0.436. The number of amides is 1. The molecule has 0 aromatic heterocycles. The van der Waals surface area contributed by atoms with Crippen molar-refractivity contribution >= 4 is 27.7 Å². The summed E-state index contributed by atoms with van der Waals surface area (Å²) in [6.45, 7) is 5.88. The molecule has 0 N–H and O–H groups in total. The highest BCUT2D eigenvalue weighted by atomic mass is 35.5. The van der Waals surface area contributed by atoms with Crippen molar-refractivity contribution in [2.75, 3.05) is 26.2 Å². The van der Waals surface area contributed by atoms with Crippen LogP contribution in [0.2, 0.25) is 5.02 Å². The first-order valence-corrected chi connectivity index (χ1v) is 16.2. The van der Waals surface area contributed by atoms with E-state index in [4.69, 9.17) is 16.3 Å². The molecule has 9 heteroatoms. The van der Waals surface area contributed by atoms with Crippen LogP contribution in [0.25, 0.3) is 0 Å². The normalized spacial score (nSPS) is 27.7. The Bertz CT molecular complexity index is 1030. The average Bonchev–Trinajstić information content (AvgIpc) is 3.70. The number of nitrogens with zero attached hydrogens (tertiary/aromatic N) is 3. The SMILES string of the molecule is CCC[C@@H]1CCC[C@H](C2(OC(=O)N3CCC(N4CCCCC4)CC3)CC2)N1S(=O)(=O)c1ccc(Cl)cc1. The van der Waals surface area contributed by atoms with Gasteiger partial charge in [0.2, 0.25) is 10.0 Å². The van der Waals surface area contributed by atoms with E-state index in [0.29, 0.717) is 24.2 Å². The standard InChI is InChI=1S/C28H42ClN3O4S/c1-2-7-24-8-6-9-26(32(24)37(34,35)25-12-10-22(29)11-13-25)28(16-17-28)36-27(33)31-20-14-23(15-21-31)30-18-4-3-5-19-30/h10-13,23-24,26H,2-9,14-21H2,1H3/t24-,26-/m1/s1. The molecule has 0 bridgehead atoms. The van der Waals surface area contributed by atoms with Crippen molar-refractivity contribution in [3.8, 4) is 0 Å². The third-order valence-corrected chi connectivity index (χ3v) is 11.2. The van der Waals surface area contributed by atoms with E-state index in [1.807, 2.05) is 4.90 Å². The Labute approximate surface area is 227 Å². The van der Waals surface area contributed by atoms with Gasteiger partial charge in [-0.05, 0) is 95.1 Å². The summed E-state index contributed by atoms with van der Waals surface area (Å²) in [5, 5.41) is 0.510. The molecule has 5 rings (SSSR count). The number of ether oxygens (including phenoxy) is 1. The molecule has 1 aromatic rings. The number of hydrogen-bond acceptors (Lipinski definition) is 5. The maximum absolute atomic E-state index is 14.0. The van der Waals surface area contributed by atoms with Gasteiger partial charge in [0.15, 0.2) is 0 Å². The summed E-state index contributed by atoms with van der Waals surface area (Å²) in [5.41, 5.74) is -0.716. The minimum absolute atomic E-state index is 0.0825. The summed E-state index contributed by atoms with van der Waals surface area (Å²) in [7, 11) is -3.76. The van der Waals surface area contributed by atoms with Gasteiger partial charge in [-0.15, -0.1) is 0 Å². The van der Waals surface area contributed by atoms with Crippen LogP contribution in [-0.2, 0) is 14.8 Å². The Morgan fingerprint density at radius 1 is 0.973 bits per heavy atom. The van der Waals surface area contributed by atoms with Gasteiger partial charge < -0.3 is 14.5 Å². The van der Waals surface area contributed by atoms with E-state index in [0.717, 1.165) is 57.8 Å². The molecule has 3 aliphatic heterocycles. The van der Waals surface area contributed by atoms with Crippen LogP contribution in [0.4, 0.5) is 4.79 Å². The Hall–Kier alpha value is -1.35. The second-order valence-electron chi connectivity index (χ2n) is 11.4. The zero-order chi connectivity index (χ0) is 26.0. The summed E-state index contributed by atoms with van der Waals surface area (Å²) in [4.78, 5) is 18.1. The first-order chi connectivity index (χ1) is 17.8. The van der Waals surface area contributed by atoms with Gasteiger partial charge in [-0.3, -0.25) is 0 Å². The lowest BCUT2D eigenvalue weighted by Gasteiger charge is -2.45. The number of carbonyl (C=O) groups excluding carboxylic acids is 1. The summed E-state index contributed by atoms with van der Waals surface area (Å²) >= 11 is 6.05. The van der Waals surface area contributed by atoms with Crippen molar-refractivity contribution in [3.05, 3.63) is 29.3 Å². The number of benzene rings is 1. The van der Waals surface area contributed by atoms with Crippen LogP contribution in [0.5, 0.6) is 0 Å². The predicted molar refractivity (Wildman–Crippen MR) is 145 cm³/mol. The van der Waals surface area contributed by atoms with E-state index in [2.05, 4.69) is 11.8 Å². The molecule has 1 aliphatic carbocycles. The molecule has 1 amide bonds. The molecule has 4 fully saturated rings. The molecule has 3 heterocycles. The Kier molecular flexibility index (Phi) is 8.39. The highest BCUT2D eigenvalue weighted by Gasteiger charge is 2.59. The number of hydrogen-bond donors (Lipinski definition) is 0.